The van der Waals surface area contributed by atoms with Crippen LogP contribution in [-0.4, -0.2) is 18.7 Å². The molecule has 1 aromatic carbocycles. The van der Waals surface area contributed by atoms with Gasteiger partial charge in [-0.05, 0) is 54.7 Å². The molecule has 1 aliphatic carbocycles. The summed E-state index contributed by atoms with van der Waals surface area (Å²) < 4.78 is 5.12. The Labute approximate surface area is 145 Å². The fraction of sp³-hybridized carbons (Fsp3) is 0.600. The normalized spacial score (nSPS) is 18.2. The molecule has 1 saturated carbocycles. The second-order valence-electron chi connectivity index (χ2n) is 7.35. The number of carbonyl (C=O) groups is 1. The molecule has 1 amide bonds. The van der Waals surface area contributed by atoms with Gasteiger partial charge in [0.15, 0.2) is 0 Å². The number of amides is 1. The van der Waals surface area contributed by atoms with Crippen molar-refractivity contribution in [2.45, 2.75) is 59.3 Å². The lowest BCUT2D eigenvalue weighted by Gasteiger charge is -2.36. The van der Waals surface area contributed by atoms with Gasteiger partial charge in [0.25, 0.3) is 0 Å². The number of nitrogens with zero attached hydrogens (tertiary/aromatic N) is 1. The predicted octanol–water partition coefficient (Wildman–Crippen LogP) is 4.34. The van der Waals surface area contributed by atoms with Gasteiger partial charge in [0.2, 0.25) is 5.91 Å². The van der Waals surface area contributed by atoms with E-state index < -0.39 is 0 Å². The van der Waals surface area contributed by atoms with Crippen LogP contribution in [-0.2, 0) is 11.2 Å². The monoisotopic (exact) mass is 330 g/mol. The Kier molecular flexibility index (Phi) is 6.41. The van der Waals surface area contributed by atoms with E-state index in [0.29, 0.717) is 11.8 Å². The van der Waals surface area contributed by atoms with Gasteiger partial charge >= 0.3 is 0 Å². The summed E-state index contributed by atoms with van der Waals surface area (Å²) in [5, 5.41) is 4.35. The van der Waals surface area contributed by atoms with Crippen molar-refractivity contribution in [1.82, 2.24) is 5.43 Å². The zero-order valence-corrected chi connectivity index (χ0v) is 15.4. The van der Waals surface area contributed by atoms with E-state index in [1.54, 1.807) is 7.11 Å². The lowest BCUT2D eigenvalue weighted by atomic mass is 9.69. The maximum Gasteiger partial charge on any atom is 0.244 e. The summed E-state index contributed by atoms with van der Waals surface area (Å²) in [6.45, 7) is 6.98. The van der Waals surface area contributed by atoms with E-state index in [9.17, 15) is 4.79 Å². The molecule has 2 rings (SSSR count). The zero-order valence-electron chi connectivity index (χ0n) is 15.4. The molecule has 4 heteroatoms. The minimum atomic E-state index is -0.0660. The van der Waals surface area contributed by atoms with E-state index >= 15 is 0 Å². The minimum absolute atomic E-state index is 0.0660. The highest BCUT2D eigenvalue weighted by atomic mass is 16.5. The number of ether oxygens (including phenoxy) is 1. The van der Waals surface area contributed by atoms with Crippen LogP contribution in [0.15, 0.2) is 29.4 Å². The Morgan fingerprint density at radius 2 is 1.88 bits per heavy atom. The standard InChI is InChI=1S/C20H30N2O2/c1-5-20(2,3)16-8-10-17(11-9-16)21-22-19(23)14-15-6-12-18(24-4)13-7-15/h6-7,12-13,16H,5,8-11,14H2,1-4H3,(H,22,23). The number of hydrogen-bond donors (Lipinski definition) is 1. The van der Waals surface area contributed by atoms with Crippen molar-refractivity contribution in [3.8, 4) is 5.75 Å². The molecule has 0 heterocycles. The molecular weight excluding hydrogens is 300 g/mol. The van der Waals surface area contributed by atoms with Gasteiger partial charge in [-0.2, -0.15) is 5.10 Å². The van der Waals surface area contributed by atoms with E-state index in [4.69, 9.17) is 4.74 Å². The average Bonchev–Trinajstić information content (AvgIpc) is 2.61. The quantitative estimate of drug-likeness (QED) is 0.789. The largest absolute Gasteiger partial charge is 0.497 e. The predicted molar refractivity (Wildman–Crippen MR) is 98.3 cm³/mol. The molecule has 0 unspecified atom stereocenters. The summed E-state index contributed by atoms with van der Waals surface area (Å²) in [5.74, 6) is 1.49. The van der Waals surface area contributed by atoms with Crippen LogP contribution in [0, 0.1) is 11.3 Å². The number of rotatable bonds is 6. The van der Waals surface area contributed by atoms with E-state index in [1.165, 1.54) is 19.3 Å². The summed E-state index contributed by atoms with van der Waals surface area (Å²) in [6.07, 6.45) is 5.89. The molecule has 0 atom stereocenters. The highest BCUT2D eigenvalue weighted by Crippen LogP contribution is 2.39. The molecule has 24 heavy (non-hydrogen) atoms. The van der Waals surface area contributed by atoms with Gasteiger partial charge in [-0.15, -0.1) is 0 Å². The van der Waals surface area contributed by atoms with Crippen LogP contribution in [0.5, 0.6) is 5.75 Å². The third-order valence-electron chi connectivity index (χ3n) is 5.44. The summed E-state index contributed by atoms with van der Waals surface area (Å²) in [7, 11) is 1.63. The van der Waals surface area contributed by atoms with Crippen molar-refractivity contribution in [1.29, 1.82) is 0 Å². The number of hydrazone groups is 1. The molecule has 1 aromatic rings. The number of methoxy groups -OCH3 is 1. The van der Waals surface area contributed by atoms with Gasteiger partial charge in [-0.1, -0.05) is 39.3 Å². The average molecular weight is 330 g/mol. The first-order valence-corrected chi connectivity index (χ1v) is 8.92. The van der Waals surface area contributed by atoms with Crippen LogP contribution in [0.2, 0.25) is 0 Å². The zero-order chi connectivity index (χ0) is 17.6. The summed E-state index contributed by atoms with van der Waals surface area (Å²) >= 11 is 0. The van der Waals surface area contributed by atoms with Crippen molar-refractivity contribution in [2.24, 2.45) is 16.4 Å². The first-order valence-electron chi connectivity index (χ1n) is 8.92. The number of benzene rings is 1. The Morgan fingerprint density at radius 1 is 1.25 bits per heavy atom. The molecule has 132 valence electrons. The molecule has 0 saturated heterocycles. The van der Waals surface area contributed by atoms with Crippen molar-refractivity contribution in [3.05, 3.63) is 29.8 Å². The van der Waals surface area contributed by atoms with Gasteiger partial charge in [0, 0.05) is 5.71 Å². The summed E-state index contributed by atoms with van der Waals surface area (Å²) in [4.78, 5) is 12.0. The molecule has 0 spiro atoms. The topological polar surface area (TPSA) is 50.7 Å². The van der Waals surface area contributed by atoms with Crippen molar-refractivity contribution in [3.63, 3.8) is 0 Å². The summed E-state index contributed by atoms with van der Waals surface area (Å²) in [6, 6.07) is 7.55. The van der Waals surface area contributed by atoms with E-state index in [1.807, 2.05) is 24.3 Å². The molecule has 0 radical (unpaired) electrons. The molecule has 1 fully saturated rings. The molecule has 0 bridgehead atoms. The van der Waals surface area contributed by atoms with Crippen molar-refractivity contribution in [2.75, 3.05) is 7.11 Å². The molecule has 0 aromatic heterocycles. The van der Waals surface area contributed by atoms with Crippen LogP contribution >= 0.6 is 0 Å². The van der Waals surface area contributed by atoms with Gasteiger partial charge in [-0.3, -0.25) is 4.79 Å². The first kappa shape index (κ1) is 18.5. The number of carbonyl (C=O) groups excluding carboxylic acids is 1. The van der Waals surface area contributed by atoms with Crippen LogP contribution in [0.1, 0.15) is 58.4 Å². The van der Waals surface area contributed by atoms with E-state index in [2.05, 4.69) is 31.3 Å². The first-order chi connectivity index (χ1) is 11.4. The van der Waals surface area contributed by atoms with Crippen LogP contribution < -0.4 is 10.2 Å². The maximum atomic E-state index is 12.0. The Hall–Kier alpha value is -1.84. The molecule has 0 aliphatic heterocycles. The number of hydrogen-bond acceptors (Lipinski definition) is 3. The van der Waals surface area contributed by atoms with Crippen molar-refractivity contribution >= 4 is 11.6 Å². The summed E-state index contributed by atoms with van der Waals surface area (Å²) in [5.41, 5.74) is 5.21. The van der Waals surface area contributed by atoms with Gasteiger partial charge < -0.3 is 4.74 Å². The third kappa shape index (κ3) is 5.08. The van der Waals surface area contributed by atoms with Crippen LogP contribution in [0.3, 0.4) is 0 Å². The molecular formula is C20H30N2O2. The van der Waals surface area contributed by atoms with Crippen molar-refractivity contribution < 1.29 is 9.53 Å². The Balaban J connectivity index is 1.80. The van der Waals surface area contributed by atoms with Crippen LogP contribution in [0.4, 0.5) is 0 Å². The lowest BCUT2D eigenvalue weighted by molar-refractivity contribution is -0.120. The SMILES string of the molecule is CCC(C)(C)C1CCC(=NNC(=O)Cc2ccc(OC)cc2)CC1. The van der Waals surface area contributed by atoms with Gasteiger partial charge in [0.1, 0.15) is 5.75 Å². The fourth-order valence-electron chi connectivity index (χ4n) is 3.24. The van der Waals surface area contributed by atoms with E-state index in [-0.39, 0.29) is 5.91 Å². The molecule has 1 aliphatic rings. The van der Waals surface area contributed by atoms with Gasteiger partial charge in [0.05, 0.1) is 13.5 Å². The van der Waals surface area contributed by atoms with E-state index in [0.717, 1.165) is 35.8 Å². The second kappa shape index (κ2) is 8.32. The Bertz CT molecular complexity index is 566. The third-order valence-corrected chi connectivity index (χ3v) is 5.44. The molecule has 4 nitrogen and oxygen atoms in total. The number of nitrogens with one attached hydrogen (secondary N) is 1. The fourth-order valence-corrected chi connectivity index (χ4v) is 3.24. The maximum absolute atomic E-state index is 12.0. The highest BCUT2D eigenvalue weighted by molar-refractivity contribution is 5.87. The van der Waals surface area contributed by atoms with Crippen LogP contribution in [0.25, 0.3) is 0 Å². The highest BCUT2D eigenvalue weighted by Gasteiger charge is 2.30. The molecule has 1 N–H and O–H groups in total. The second-order valence-corrected chi connectivity index (χ2v) is 7.35. The lowest BCUT2D eigenvalue weighted by Crippen LogP contribution is -2.29. The van der Waals surface area contributed by atoms with Gasteiger partial charge in [-0.25, -0.2) is 5.43 Å². The Morgan fingerprint density at radius 3 is 2.42 bits per heavy atom. The minimum Gasteiger partial charge on any atom is -0.497 e. The smallest absolute Gasteiger partial charge is 0.244 e.